The first kappa shape index (κ1) is 15.3. The second kappa shape index (κ2) is 6.71. The predicted molar refractivity (Wildman–Crippen MR) is 91.2 cm³/mol. The fourth-order valence-electron chi connectivity index (χ4n) is 3.19. The lowest BCUT2D eigenvalue weighted by Crippen LogP contribution is -2.38. The van der Waals surface area contributed by atoms with Crippen LogP contribution in [0.15, 0.2) is 24.8 Å². The van der Waals surface area contributed by atoms with Crippen LogP contribution in [0.3, 0.4) is 0 Å². The standard InChI is InChI=1S/C18H23N5O/c1-13-8-19-18(20-9-13)24-11-14-3-2-6-23(10-14)17-7-16(15-4-5-15)21-12-22-17/h7-9,12,14-15H,2-6,10-11H2,1H3. The highest BCUT2D eigenvalue weighted by Gasteiger charge is 2.27. The monoisotopic (exact) mass is 325 g/mol. The van der Waals surface area contributed by atoms with E-state index in [2.05, 4.69) is 30.9 Å². The van der Waals surface area contributed by atoms with Gasteiger partial charge in [-0.05, 0) is 38.2 Å². The zero-order chi connectivity index (χ0) is 16.4. The van der Waals surface area contributed by atoms with Gasteiger partial charge in [0.1, 0.15) is 12.1 Å². The SMILES string of the molecule is Cc1cnc(OCC2CCCN(c3cc(C4CC4)ncn3)C2)nc1. The third-order valence-corrected chi connectivity index (χ3v) is 4.72. The van der Waals surface area contributed by atoms with Gasteiger partial charge in [-0.2, -0.15) is 0 Å². The van der Waals surface area contributed by atoms with Crippen molar-refractivity contribution in [3.05, 3.63) is 36.0 Å². The number of aromatic nitrogens is 4. The molecule has 126 valence electrons. The molecular weight excluding hydrogens is 302 g/mol. The molecule has 0 N–H and O–H groups in total. The molecule has 24 heavy (non-hydrogen) atoms. The van der Waals surface area contributed by atoms with E-state index < -0.39 is 0 Å². The molecule has 6 nitrogen and oxygen atoms in total. The number of ether oxygens (including phenoxy) is 1. The first-order valence-electron chi connectivity index (χ1n) is 8.76. The van der Waals surface area contributed by atoms with Gasteiger partial charge in [0.15, 0.2) is 0 Å². The van der Waals surface area contributed by atoms with Gasteiger partial charge in [-0.3, -0.25) is 0 Å². The molecule has 1 unspecified atom stereocenters. The molecule has 0 bridgehead atoms. The molecule has 2 fully saturated rings. The summed E-state index contributed by atoms with van der Waals surface area (Å²) in [6.07, 6.45) is 10.1. The number of rotatable bonds is 5. The summed E-state index contributed by atoms with van der Waals surface area (Å²) in [5.41, 5.74) is 2.24. The van der Waals surface area contributed by atoms with E-state index in [0.29, 0.717) is 24.5 Å². The smallest absolute Gasteiger partial charge is 0.316 e. The average molecular weight is 325 g/mol. The highest BCUT2D eigenvalue weighted by Crippen LogP contribution is 2.39. The Kier molecular flexibility index (Phi) is 4.28. The van der Waals surface area contributed by atoms with Crippen molar-refractivity contribution in [2.45, 2.75) is 38.5 Å². The third kappa shape index (κ3) is 3.63. The third-order valence-electron chi connectivity index (χ3n) is 4.72. The van der Waals surface area contributed by atoms with Crippen molar-refractivity contribution in [2.24, 2.45) is 5.92 Å². The van der Waals surface area contributed by atoms with Gasteiger partial charge in [0.25, 0.3) is 0 Å². The van der Waals surface area contributed by atoms with Crippen molar-refractivity contribution in [3.8, 4) is 6.01 Å². The topological polar surface area (TPSA) is 64.0 Å². The molecule has 1 aliphatic carbocycles. The normalized spacial score (nSPS) is 20.9. The second-order valence-electron chi connectivity index (χ2n) is 6.88. The number of piperidine rings is 1. The molecular formula is C18H23N5O. The molecule has 1 aliphatic heterocycles. The summed E-state index contributed by atoms with van der Waals surface area (Å²) >= 11 is 0. The van der Waals surface area contributed by atoms with Gasteiger partial charge < -0.3 is 9.64 Å². The molecule has 2 aromatic rings. The van der Waals surface area contributed by atoms with Crippen molar-refractivity contribution in [3.63, 3.8) is 0 Å². The summed E-state index contributed by atoms with van der Waals surface area (Å²) in [7, 11) is 0. The zero-order valence-electron chi connectivity index (χ0n) is 14.1. The Morgan fingerprint density at radius 2 is 1.96 bits per heavy atom. The molecule has 4 rings (SSSR count). The molecule has 0 radical (unpaired) electrons. The maximum atomic E-state index is 5.77. The van der Waals surface area contributed by atoms with E-state index in [9.17, 15) is 0 Å². The first-order valence-corrected chi connectivity index (χ1v) is 8.76. The van der Waals surface area contributed by atoms with Crippen LogP contribution in [-0.4, -0.2) is 39.6 Å². The lowest BCUT2D eigenvalue weighted by molar-refractivity contribution is 0.213. The van der Waals surface area contributed by atoms with Gasteiger partial charge in [0.2, 0.25) is 0 Å². The van der Waals surface area contributed by atoms with Crippen LogP contribution in [-0.2, 0) is 0 Å². The van der Waals surface area contributed by atoms with Crippen LogP contribution in [0.25, 0.3) is 0 Å². The molecule has 0 amide bonds. The van der Waals surface area contributed by atoms with Crippen LogP contribution in [0, 0.1) is 12.8 Å². The molecule has 1 saturated carbocycles. The fourth-order valence-corrected chi connectivity index (χ4v) is 3.19. The lowest BCUT2D eigenvalue weighted by atomic mass is 9.99. The quantitative estimate of drug-likeness (QED) is 0.842. The number of aryl methyl sites for hydroxylation is 1. The van der Waals surface area contributed by atoms with Gasteiger partial charge in [-0.15, -0.1) is 0 Å². The molecule has 3 heterocycles. The fraction of sp³-hybridized carbons (Fsp3) is 0.556. The molecule has 6 heteroatoms. The average Bonchev–Trinajstić information content (AvgIpc) is 3.47. The van der Waals surface area contributed by atoms with Gasteiger partial charge in [-0.1, -0.05) is 0 Å². The van der Waals surface area contributed by atoms with Crippen LogP contribution < -0.4 is 9.64 Å². The van der Waals surface area contributed by atoms with Crippen molar-refractivity contribution in [1.82, 2.24) is 19.9 Å². The number of hydrogen-bond donors (Lipinski definition) is 0. The van der Waals surface area contributed by atoms with Crippen molar-refractivity contribution >= 4 is 5.82 Å². The van der Waals surface area contributed by atoms with Crippen LogP contribution >= 0.6 is 0 Å². The van der Waals surface area contributed by atoms with Crippen LogP contribution in [0.5, 0.6) is 6.01 Å². The Balaban J connectivity index is 1.36. The van der Waals surface area contributed by atoms with Gasteiger partial charge in [0.05, 0.1) is 6.61 Å². The molecule has 0 aromatic carbocycles. The van der Waals surface area contributed by atoms with E-state index >= 15 is 0 Å². The number of anilines is 1. The summed E-state index contributed by atoms with van der Waals surface area (Å²) in [5.74, 6) is 2.19. The summed E-state index contributed by atoms with van der Waals surface area (Å²) in [5, 5.41) is 0. The Labute approximate surface area is 142 Å². The highest BCUT2D eigenvalue weighted by atomic mass is 16.5. The first-order chi connectivity index (χ1) is 11.8. The molecule has 2 aliphatic rings. The van der Waals surface area contributed by atoms with Crippen LogP contribution in [0.1, 0.15) is 42.9 Å². The maximum absolute atomic E-state index is 5.77. The molecule has 0 spiro atoms. The summed E-state index contributed by atoms with van der Waals surface area (Å²) in [6, 6.07) is 2.64. The van der Waals surface area contributed by atoms with E-state index in [1.54, 1.807) is 18.7 Å². The summed E-state index contributed by atoms with van der Waals surface area (Å²) in [6.45, 7) is 4.65. The summed E-state index contributed by atoms with van der Waals surface area (Å²) in [4.78, 5) is 19.7. The van der Waals surface area contributed by atoms with E-state index in [0.717, 1.165) is 30.9 Å². The molecule has 1 atom stereocenters. The Morgan fingerprint density at radius 3 is 2.75 bits per heavy atom. The van der Waals surface area contributed by atoms with E-state index in [4.69, 9.17) is 4.74 Å². The number of hydrogen-bond acceptors (Lipinski definition) is 6. The zero-order valence-corrected chi connectivity index (χ0v) is 14.1. The van der Waals surface area contributed by atoms with Crippen molar-refractivity contribution in [1.29, 1.82) is 0 Å². The highest BCUT2D eigenvalue weighted by molar-refractivity contribution is 5.41. The van der Waals surface area contributed by atoms with Gasteiger partial charge in [-0.25, -0.2) is 19.9 Å². The Bertz CT molecular complexity index is 686. The van der Waals surface area contributed by atoms with E-state index in [1.165, 1.54) is 25.0 Å². The largest absolute Gasteiger partial charge is 0.463 e. The van der Waals surface area contributed by atoms with Crippen molar-refractivity contribution < 1.29 is 4.74 Å². The van der Waals surface area contributed by atoms with Crippen molar-refractivity contribution in [2.75, 3.05) is 24.6 Å². The summed E-state index contributed by atoms with van der Waals surface area (Å²) < 4.78 is 5.77. The second-order valence-corrected chi connectivity index (χ2v) is 6.88. The van der Waals surface area contributed by atoms with Crippen LogP contribution in [0.2, 0.25) is 0 Å². The van der Waals surface area contributed by atoms with Gasteiger partial charge >= 0.3 is 6.01 Å². The minimum absolute atomic E-state index is 0.468. The predicted octanol–water partition coefficient (Wildman–Crippen LogP) is 2.75. The number of nitrogens with zero attached hydrogens (tertiary/aromatic N) is 5. The van der Waals surface area contributed by atoms with E-state index in [1.807, 2.05) is 6.92 Å². The minimum atomic E-state index is 0.468. The molecule has 1 saturated heterocycles. The van der Waals surface area contributed by atoms with Crippen LogP contribution in [0.4, 0.5) is 5.82 Å². The minimum Gasteiger partial charge on any atom is -0.463 e. The van der Waals surface area contributed by atoms with E-state index in [-0.39, 0.29) is 0 Å². The Hall–Kier alpha value is -2.24. The lowest BCUT2D eigenvalue weighted by Gasteiger charge is -2.33. The maximum Gasteiger partial charge on any atom is 0.316 e. The molecule has 2 aromatic heterocycles. The Morgan fingerprint density at radius 1 is 1.12 bits per heavy atom. The van der Waals surface area contributed by atoms with Gasteiger partial charge in [0, 0.05) is 49.1 Å².